The predicted molar refractivity (Wildman–Crippen MR) is 97.0 cm³/mol. The van der Waals surface area contributed by atoms with Crippen LogP contribution in [0.5, 0.6) is 0 Å². The Bertz CT molecular complexity index is 594. The molecule has 1 spiro atoms. The first-order chi connectivity index (χ1) is 11.3. The standard InChI is InChI=1S/C19H27N3S/c1-20-12-13-21(14-19(20)10-11-19)18-22(15-6-2-3-7-15)16-8-4-5-9-17(16)23-18/h4-5,8-9,15,18H,2-3,6-7,10-14H2,1H3. The summed E-state index contributed by atoms with van der Waals surface area (Å²) in [5.74, 6) is 0. The zero-order chi connectivity index (χ0) is 15.4. The average molecular weight is 330 g/mol. The zero-order valence-corrected chi connectivity index (χ0v) is 14.9. The van der Waals surface area contributed by atoms with Gasteiger partial charge in [-0.05, 0) is 44.9 Å². The van der Waals surface area contributed by atoms with Crippen LogP contribution in [0.1, 0.15) is 38.5 Å². The summed E-state index contributed by atoms with van der Waals surface area (Å²) in [5.41, 5.74) is 2.54. The van der Waals surface area contributed by atoms with E-state index in [9.17, 15) is 0 Å². The van der Waals surface area contributed by atoms with E-state index in [1.165, 1.54) is 68.7 Å². The Balaban J connectivity index is 1.45. The van der Waals surface area contributed by atoms with Crippen molar-refractivity contribution in [3.05, 3.63) is 24.3 Å². The molecule has 3 fully saturated rings. The summed E-state index contributed by atoms with van der Waals surface area (Å²) in [6.07, 6.45) is 8.37. The number of rotatable bonds is 2. The van der Waals surface area contributed by atoms with E-state index in [1.54, 1.807) is 0 Å². The molecule has 2 aliphatic heterocycles. The van der Waals surface area contributed by atoms with E-state index in [0.29, 0.717) is 11.0 Å². The molecule has 1 saturated heterocycles. The molecule has 1 aromatic rings. The Kier molecular flexibility index (Phi) is 3.43. The maximum Gasteiger partial charge on any atom is 0.135 e. The zero-order valence-electron chi connectivity index (χ0n) is 14.1. The van der Waals surface area contributed by atoms with E-state index in [4.69, 9.17) is 0 Å². The van der Waals surface area contributed by atoms with Crippen LogP contribution < -0.4 is 4.90 Å². The van der Waals surface area contributed by atoms with Crippen molar-refractivity contribution in [1.82, 2.24) is 9.80 Å². The molecule has 2 saturated carbocycles. The summed E-state index contributed by atoms with van der Waals surface area (Å²) in [6.45, 7) is 3.71. The SMILES string of the molecule is CN1CCN(C2Sc3ccccc3N2C2CCCC2)CC12CC2. The maximum absolute atomic E-state index is 2.79. The van der Waals surface area contributed by atoms with Gasteiger partial charge in [-0.2, -0.15) is 0 Å². The third kappa shape index (κ3) is 2.33. The van der Waals surface area contributed by atoms with Crippen molar-refractivity contribution >= 4 is 17.4 Å². The summed E-state index contributed by atoms with van der Waals surface area (Å²) in [5, 5.41) is 0. The molecule has 0 bridgehead atoms. The fraction of sp³-hybridized carbons (Fsp3) is 0.684. The summed E-state index contributed by atoms with van der Waals surface area (Å²) in [4.78, 5) is 9.69. The minimum absolute atomic E-state index is 0.509. The monoisotopic (exact) mass is 329 g/mol. The lowest BCUT2D eigenvalue weighted by Gasteiger charge is -2.46. The van der Waals surface area contributed by atoms with Gasteiger partial charge in [0.05, 0.1) is 5.69 Å². The molecule has 5 rings (SSSR count). The van der Waals surface area contributed by atoms with Gasteiger partial charge in [0.15, 0.2) is 0 Å². The molecule has 0 N–H and O–H groups in total. The second kappa shape index (κ2) is 5.40. The van der Waals surface area contributed by atoms with E-state index in [1.807, 2.05) is 0 Å². The predicted octanol–water partition coefficient (Wildman–Crippen LogP) is 3.60. The van der Waals surface area contributed by atoms with Crippen LogP contribution in [-0.2, 0) is 0 Å². The van der Waals surface area contributed by atoms with Crippen LogP contribution >= 0.6 is 11.8 Å². The summed E-state index contributed by atoms with van der Waals surface area (Å²) < 4.78 is 0. The number of likely N-dealkylation sites (N-methyl/N-ethyl adjacent to an activating group) is 1. The largest absolute Gasteiger partial charge is 0.343 e. The molecule has 1 aromatic carbocycles. The molecule has 2 aliphatic carbocycles. The molecule has 1 atom stereocenters. The first kappa shape index (κ1) is 14.6. The van der Waals surface area contributed by atoms with Gasteiger partial charge < -0.3 is 4.90 Å². The number of fused-ring (bicyclic) bond motifs is 1. The van der Waals surface area contributed by atoms with Gasteiger partial charge in [0.25, 0.3) is 0 Å². The lowest BCUT2D eigenvalue weighted by Crippen LogP contribution is -2.59. The molecule has 1 unspecified atom stereocenters. The van der Waals surface area contributed by atoms with Gasteiger partial charge in [0, 0.05) is 36.1 Å². The van der Waals surface area contributed by atoms with E-state index in [-0.39, 0.29) is 0 Å². The summed E-state index contributed by atoms with van der Waals surface area (Å²) >= 11 is 2.10. The van der Waals surface area contributed by atoms with Gasteiger partial charge in [-0.3, -0.25) is 9.80 Å². The second-order valence-corrected chi connectivity index (χ2v) is 8.97. The van der Waals surface area contributed by atoms with E-state index < -0.39 is 0 Å². The number of nitrogens with zero attached hydrogens (tertiary/aromatic N) is 3. The minimum Gasteiger partial charge on any atom is -0.343 e. The second-order valence-electron chi connectivity index (χ2n) is 7.87. The van der Waals surface area contributed by atoms with Crippen molar-refractivity contribution < 1.29 is 0 Å². The number of para-hydroxylation sites is 1. The van der Waals surface area contributed by atoms with E-state index >= 15 is 0 Å². The molecular weight excluding hydrogens is 302 g/mol. The van der Waals surface area contributed by atoms with Crippen molar-refractivity contribution in [3.8, 4) is 0 Å². The van der Waals surface area contributed by atoms with E-state index in [2.05, 4.69) is 57.8 Å². The van der Waals surface area contributed by atoms with Crippen molar-refractivity contribution in [2.75, 3.05) is 31.6 Å². The Labute approximate surface area is 144 Å². The van der Waals surface area contributed by atoms with Gasteiger partial charge in [-0.15, -0.1) is 0 Å². The van der Waals surface area contributed by atoms with Crippen molar-refractivity contribution in [2.45, 2.75) is 60.5 Å². The molecule has 3 nitrogen and oxygen atoms in total. The summed E-state index contributed by atoms with van der Waals surface area (Å²) in [6, 6.07) is 9.85. The van der Waals surface area contributed by atoms with Crippen LogP contribution in [0, 0.1) is 0 Å². The van der Waals surface area contributed by atoms with E-state index in [0.717, 1.165) is 6.04 Å². The molecule has 23 heavy (non-hydrogen) atoms. The highest BCUT2D eigenvalue weighted by atomic mass is 32.2. The van der Waals surface area contributed by atoms with Crippen molar-refractivity contribution in [3.63, 3.8) is 0 Å². The highest BCUT2D eigenvalue weighted by Crippen LogP contribution is 2.50. The number of thioether (sulfide) groups is 1. The van der Waals surface area contributed by atoms with Crippen LogP contribution in [0.2, 0.25) is 0 Å². The summed E-state index contributed by atoms with van der Waals surface area (Å²) in [7, 11) is 2.33. The smallest absolute Gasteiger partial charge is 0.135 e. The molecule has 0 aromatic heterocycles. The first-order valence-corrected chi connectivity index (χ1v) is 10.1. The Morgan fingerprint density at radius 2 is 1.87 bits per heavy atom. The highest BCUT2D eigenvalue weighted by Gasteiger charge is 2.52. The molecule has 4 aliphatic rings. The molecule has 0 radical (unpaired) electrons. The third-order valence-corrected chi connectivity index (χ3v) is 7.84. The van der Waals surface area contributed by atoms with Crippen molar-refractivity contribution in [2.24, 2.45) is 0 Å². The highest BCUT2D eigenvalue weighted by molar-refractivity contribution is 8.00. The van der Waals surface area contributed by atoms with Gasteiger partial charge in [0.1, 0.15) is 5.50 Å². The average Bonchev–Trinajstić information content (AvgIpc) is 3.00. The minimum atomic E-state index is 0.509. The molecule has 4 heteroatoms. The molecule has 2 heterocycles. The lowest BCUT2D eigenvalue weighted by molar-refractivity contribution is 0.0713. The van der Waals surface area contributed by atoms with Crippen LogP contribution in [0.4, 0.5) is 5.69 Å². The number of hydrogen-bond acceptors (Lipinski definition) is 4. The van der Waals surface area contributed by atoms with Gasteiger partial charge in [0.2, 0.25) is 0 Å². The number of anilines is 1. The van der Waals surface area contributed by atoms with Crippen molar-refractivity contribution in [1.29, 1.82) is 0 Å². The maximum atomic E-state index is 2.79. The topological polar surface area (TPSA) is 9.72 Å². The van der Waals surface area contributed by atoms with Crippen LogP contribution in [0.15, 0.2) is 29.2 Å². The number of benzene rings is 1. The Morgan fingerprint density at radius 3 is 2.65 bits per heavy atom. The number of piperazine rings is 1. The fourth-order valence-corrected chi connectivity index (χ4v) is 6.24. The van der Waals surface area contributed by atoms with Crippen LogP contribution in [0.25, 0.3) is 0 Å². The fourth-order valence-electron chi connectivity index (χ4n) is 4.84. The normalized spacial score (nSPS) is 31.0. The third-order valence-electron chi connectivity index (χ3n) is 6.50. The molecular formula is C19H27N3S. The van der Waals surface area contributed by atoms with Gasteiger partial charge in [-0.25, -0.2) is 0 Å². The Hall–Kier alpha value is -0.710. The van der Waals surface area contributed by atoms with Gasteiger partial charge in [-0.1, -0.05) is 36.7 Å². The quantitative estimate of drug-likeness (QED) is 0.820. The first-order valence-electron chi connectivity index (χ1n) is 9.26. The van der Waals surface area contributed by atoms with Gasteiger partial charge >= 0.3 is 0 Å². The van der Waals surface area contributed by atoms with Crippen LogP contribution in [0.3, 0.4) is 0 Å². The molecule has 0 amide bonds. The molecule has 124 valence electrons. The number of hydrogen-bond donors (Lipinski definition) is 0. The van der Waals surface area contributed by atoms with Crippen LogP contribution in [-0.4, -0.2) is 53.6 Å². The lowest BCUT2D eigenvalue weighted by atomic mass is 10.1. The Morgan fingerprint density at radius 1 is 1.09 bits per heavy atom.